The smallest absolute Gasteiger partial charge is 0.325 e. The Bertz CT molecular complexity index is 832. The predicted molar refractivity (Wildman–Crippen MR) is 115 cm³/mol. The van der Waals surface area contributed by atoms with Crippen LogP contribution in [0.5, 0.6) is 0 Å². The lowest BCUT2D eigenvalue weighted by Crippen LogP contribution is -2.55. The van der Waals surface area contributed by atoms with Gasteiger partial charge in [-0.2, -0.15) is 0 Å². The van der Waals surface area contributed by atoms with Crippen molar-refractivity contribution in [1.82, 2.24) is 15.1 Å². The minimum absolute atomic E-state index is 0.0195. The molecular weight excluding hydrogens is 380 g/mol. The molecule has 3 fully saturated rings. The summed E-state index contributed by atoms with van der Waals surface area (Å²) in [5.41, 5.74) is 0.272. The number of amides is 4. The van der Waals surface area contributed by atoms with Crippen LogP contribution in [0.4, 0.5) is 10.5 Å². The molecule has 30 heavy (non-hydrogen) atoms. The zero-order valence-electron chi connectivity index (χ0n) is 18.2. The van der Waals surface area contributed by atoms with Gasteiger partial charge >= 0.3 is 6.03 Å². The van der Waals surface area contributed by atoms with Crippen molar-refractivity contribution in [1.29, 1.82) is 0 Å². The normalized spacial score (nSPS) is 28.8. The van der Waals surface area contributed by atoms with Gasteiger partial charge in [0.15, 0.2) is 0 Å². The molecule has 1 N–H and O–H groups in total. The molecule has 0 radical (unpaired) electrons. The van der Waals surface area contributed by atoms with Gasteiger partial charge in [-0.05, 0) is 42.7 Å². The summed E-state index contributed by atoms with van der Waals surface area (Å²) < 4.78 is 0. The van der Waals surface area contributed by atoms with Crippen molar-refractivity contribution in [3.05, 3.63) is 30.3 Å². The van der Waals surface area contributed by atoms with Crippen molar-refractivity contribution >= 4 is 23.5 Å². The summed E-state index contributed by atoms with van der Waals surface area (Å²) in [6, 6.07) is 9.71. The fraction of sp³-hybridized carbons (Fsp3) is 0.609. The molecule has 2 heterocycles. The molecule has 0 bridgehead atoms. The van der Waals surface area contributed by atoms with Crippen LogP contribution in [0.15, 0.2) is 30.3 Å². The van der Waals surface area contributed by atoms with Crippen molar-refractivity contribution < 1.29 is 14.4 Å². The SMILES string of the molecule is C[C@@H]1CC(C)(C)C[C@]2(C1)NC(=O)N(CC(=O)N1CCN(c3ccccc3)CC1)C2=O. The highest BCUT2D eigenvalue weighted by atomic mass is 16.2. The maximum atomic E-state index is 13.2. The number of hydrogen-bond donors (Lipinski definition) is 1. The van der Waals surface area contributed by atoms with Gasteiger partial charge in [-0.25, -0.2) is 4.79 Å². The van der Waals surface area contributed by atoms with Crippen molar-refractivity contribution in [2.75, 3.05) is 37.6 Å². The van der Waals surface area contributed by atoms with E-state index in [1.54, 1.807) is 4.90 Å². The second kappa shape index (κ2) is 7.60. The van der Waals surface area contributed by atoms with Crippen LogP contribution in [0.25, 0.3) is 0 Å². The Morgan fingerprint density at radius 2 is 1.73 bits per heavy atom. The Labute approximate surface area is 178 Å². The second-order valence-electron chi connectivity index (χ2n) is 9.96. The molecule has 2 saturated heterocycles. The number of carbonyl (C=O) groups excluding carboxylic acids is 3. The zero-order valence-corrected chi connectivity index (χ0v) is 18.2. The second-order valence-corrected chi connectivity index (χ2v) is 9.96. The topological polar surface area (TPSA) is 73.0 Å². The third kappa shape index (κ3) is 3.89. The van der Waals surface area contributed by atoms with E-state index in [2.05, 4.69) is 43.1 Å². The van der Waals surface area contributed by atoms with E-state index in [4.69, 9.17) is 0 Å². The maximum Gasteiger partial charge on any atom is 0.325 e. The average Bonchev–Trinajstić information content (AvgIpc) is 2.90. The highest BCUT2D eigenvalue weighted by Gasteiger charge is 2.56. The molecule has 1 saturated carbocycles. The van der Waals surface area contributed by atoms with E-state index in [1.807, 2.05) is 18.2 Å². The summed E-state index contributed by atoms with van der Waals surface area (Å²) in [6.07, 6.45) is 2.29. The lowest BCUT2D eigenvalue weighted by Gasteiger charge is -2.43. The Morgan fingerprint density at radius 3 is 2.37 bits per heavy atom. The van der Waals surface area contributed by atoms with Crippen LogP contribution in [0.1, 0.15) is 40.0 Å². The molecule has 0 aromatic heterocycles. The molecule has 7 heteroatoms. The molecule has 1 aliphatic carbocycles. The molecule has 162 valence electrons. The molecule has 4 amide bonds. The Morgan fingerprint density at radius 1 is 1.07 bits per heavy atom. The van der Waals surface area contributed by atoms with E-state index in [-0.39, 0.29) is 23.8 Å². The predicted octanol–water partition coefficient (Wildman–Crippen LogP) is 2.47. The molecule has 1 aromatic rings. The molecule has 7 nitrogen and oxygen atoms in total. The van der Waals surface area contributed by atoms with E-state index in [0.717, 1.165) is 30.1 Å². The van der Waals surface area contributed by atoms with Gasteiger partial charge in [0.1, 0.15) is 12.1 Å². The van der Waals surface area contributed by atoms with Gasteiger partial charge in [-0.1, -0.05) is 39.0 Å². The Balaban J connectivity index is 1.38. The molecule has 2 atom stereocenters. The Hall–Kier alpha value is -2.57. The van der Waals surface area contributed by atoms with Gasteiger partial charge in [0.05, 0.1) is 0 Å². The molecule has 1 aromatic carbocycles. The number of para-hydroxylation sites is 1. The number of urea groups is 1. The average molecular weight is 413 g/mol. The fourth-order valence-electron chi connectivity index (χ4n) is 5.74. The van der Waals surface area contributed by atoms with Gasteiger partial charge < -0.3 is 15.1 Å². The quantitative estimate of drug-likeness (QED) is 0.774. The van der Waals surface area contributed by atoms with Crippen LogP contribution in [-0.4, -0.2) is 65.9 Å². The van der Waals surface area contributed by atoms with Crippen LogP contribution < -0.4 is 10.2 Å². The highest BCUT2D eigenvalue weighted by Crippen LogP contribution is 2.46. The summed E-state index contributed by atoms with van der Waals surface area (Å²) in [6.45, 7) is 8.90. The number of piperazine rings is 1. The largest absolute Gasteiger partial charge is 0.368 e. The van der Waals surface area contributed by atoms with Gasteiger partial charge in [0.2, 0.25) is 5.91 Å². The summed E-state index contributed by atoms with van der Waals surface area (Å²) >= 11 is 0. The van der Waals surface area contributed by atoms with E-state index in [0.29, 0.717) is 31.8 Å². The lowest BCUT2D eigenvalue weighted by atomic mass is 9.64. The first kappa shape index (κ1) is 20.7. The molecular formula is C23H32N4O3. The molecule has 1 spiro atoms. The van der Waals surface area contributed by atoms with Crippen LogP contribution in [0.2, 0.25) is 0 Å². The minimum atomic E-state index is -0.857. The Kier molecular flexibility index (Phi) is 5.24. The third-order valence-corrected chi connectivity index (χ3v) is 6.67. The van der Waals surface area contributed by atoms with Crippen molar-refractivity contribution in [2.45, 2.75) is 45.6 Å². The van der Waals surface area contributed by atoms with Gasteiger partial charge in [-0.15, -0.1) is 0 Å². The number of carbonyl (C=O) groups is 3. The first-order chi connectivity index (χ1) is 14.2. The van der Waals surface area contributed by atoms with Crippen LogP contribution in [0, 0.1) is 11.3 Å². The van der Waals surface area contributed by atoms with Crippen LogP contribution in [0.3, 0.4) is 0 Å². The molecule has 4 rings (SSSR count). The molecule has 0 unspecified atom stereocenters. The number of hydrogen-bond acceptors (Lipinski definition) is 4. The fourth-order valence-corrected chi connectivity index (χ4v) is 5.74. The zero-order chi connectivity index (χ0) is 21.5. The van der Waals surface area contributed by atoms with Crippen LogP contribution in [-0.2, 0) is 9.59 Å². The van der Waals surface area contributed by atoms with Crippen molar-refractivity contribution in [3.63, 3.8) is 0 Å². The number of rotatable bonds is 3. The monoisotopic (exact) mass is 412 g/mol. The summed E-state index contributed by atoms with van der Waals surface area (Å²) in [5, 5.41) is 2.95. The number of imide groups is 1. The lowest BCUT2D eigenvalue weighted by molar-refractivity contribution is -0.140. The highest BCUT2D eigenvalue weighted by molar-refractivity contribution is 6.09. The summed E-state index contributed by atoms with van der Waals surface area (Å²) in [5.74, 6) is -0.0468. The number of anilines is 1. The number of nitrogens with one attached hydrogen (secondary N) is 1. The van der Waals surface area contributed by atoms with Gasteiger partial charge in [-0.3, -0.25) is 14.5 Å². The van der Waals surface area contributed by atoms with E-state index < -0.39 is 11.6 Å². The minimum Gasteiger partial charge on any atom is -0.368 e. The molecule has 2 aliphatic heterocycles. The maximum absolute atomic E-state index is 13.2. The van der Waals surface area contributed by atoms with E-state index >= 15 is 0 Å². The van der Waals surface area contributed by atoms with Crippen molar-refractivity contribution in [3.8, 4) is 0 Å². The van der Waals surface area contributed by atoms with E-state index in [9.17, 15) is 14.4 Å². The van der Waals surface area contributed by atoms with E-state index in [1.165, 1.54) is 0 Å². The third-order valence-electron chi connectivity index (χ3n) is 6.67. The van der Waals surface area contributed by atoms with Gasteiger partial charge in [0.25, 0.3) is 5.91 Å². The standard InChI is InChI=1S/C23H32N4O3/c1-17-13-22(2,3)16-23(14-17)20(29)27(21(30)24-23)15-19(28)26-11-9-25(10-12-26)18-7-5-4-6-8-18/h4-8,17H,9-16H2,1-3H3,(H,24,30)/t17-,23+/m1/s1. The number of benzene rings is 1. The molecule has 3 aliphatic rings. The number of nitrogens with zero attached hydrogens (tertiary/aromatic N) is 3. The van der Waals surface area contributed by atoms with Crippen molar-refractivity contribution in [2.24, 2.45) is 11.3 Å². The first-order valence-corrected chi connectivity index (χ1v) is 10.9. The summed E-state index contributed by atoms with van der Waals surface area (Å²) in [7, 11) is 0. The van der Waals surface area contributed by atoms with Crippen LogP contribution >= 0.6 is 0 Å². The first-order valence-electron chi connectivity index (χ1n) is 10.9. The van der Waals surface area contributed by atoms with Gasteiger partial charge in [0, 0.05) is 31.9 Å². The summed E-state index contributed by atoms with van der Waals surface area (Å²) in [4.78, 5) is 43.9.